The molecule has 0 bridgehead atoms. The maximum atomic E-state index is 12.5. The van der Waals surface area contributed by atoms with E-state index in [1.54, 1.807) is 36.5 Å². The number of nitrogens with one attached hydrogen (secondary N) is 2. The second-order valence-electron chi connectivity index (χ2n) is 6.14. The lowest BCUT2D eigenvalue weighted by atomic mass is 10.2. The Balaban J connectivity index is 1.72. The lowest BCUT2D eigenvalue weighted by Gasteiger charge is -2.13. The first-order chi connectivity index (χ1) is 13.0. The monoisotopic (exact) mass is 357 g/mol. The third-order valence-corrected chi connectivity index (χ3v) is 3.93. The molecule has 6 heteroatoms. The van der Waals surface area contributed by atoms with Crippen LogP contribution in [0, 0.1) is 11.3 Å². The first kappa shape index (κ1) is 18.0. The van der Waals surface area contributed by atoms with E-state index in [-0.39, 0.29) is 5.91 Å². The Kier molecular flexibility index (Phi) is 5.33. The molecule has 1 amide bonds. The van der Waals surface area contributed by atoms with Gasteiger partial charge >= 0.3 is 0 Å². The molecular formula is C21H19N5O. The molecule has 6 nitrogen and oxygen atoms in total. The predicted octanol–water partition coefficient (Wildman–Crippen LogP) is 4.02. The van der Waals surface area contributed by atoms with Crippen LogP contribution in [0.3, 0.4) is 0 Å². The van der Waals surface area contributed by atoms with Crippen molar-refractivity contribution in [1.82, 2.24) is 4.98 Å². The molecule has 0 saturated carbocycles. The number of anilines is 4. The fraction of sp³-hybridized carbons (Fsp3) is 0.0952. The second kappa shape index (κ2) is 8.02. The number of pyridine rings is 1. The maximum absolute atomic E-state index is 12.5. The van der Waals surface area contributed by atoms with Crippen LogP contribution < -0.4 is 15.5 Å². The van der Waals surface area contributed by atoms with Crippen LogP contribution in [-0.2, 0) is 0 Å². The average Bonchev–Trinajstić information content (AvgIpc) is 2.68. The predicted molar refractivity (Wildman–Crippen MR) is 107 cm³/mol. The van der Waals surface area contributed by atoms with Gasteiger partial charge in [-0.25, -0.2) is 4.98 Å². The Morgan fingerprint density at radius 2 is 1.81 bits per heavy atom. The largest absolute Gasteiger partial charge is 0.378 e. The van der Waals surface area contributed by atoms with Gasteiger partial charge in [0.05, 0.1) is 11.6 Å². The molecule has 0 fully saturated rings. The number of hydrogen-bond donors (Lipinski definition) is 2. The summed E-state index contributed by atoms with van der Waals surface area (Å²) in [6.07, 6.45) is 1.57. The normalized spacial score (nSPS) is 9.96. The number of nitriles is 1. The minimum Gasteiger partial charge on any atom is -0.378 e. The van der Waals surface area contributed by atoms with Crippen LogP contribution in [0.25, 0.3) is 0 Å². The smallest absolute Gasteiger partial charge is 0.255 e. The van der Waals surface area contributed by atoms with Gasteiger partial charge in [0, 0.05) is 42.9 Å². The molecule has 2 N–H and O–H groups in total. The summed E-state index contributed by atoms with van der Waals surface area (Å²) in [7, 11) is 3.93. The summed E-state index contributed by atoms with van der Waals surface area (Å²) < 4.78 is 0. The van der Waals surface area contributed by atoms with Crippen LogP contribution in [-0.4, -0.2) is 25.0 Å². The summed E-state index contributed by atoms with van der Waals surface area (Å²) in [5.74, 6) is 0.310. The molecule has 0 radical (unpaired) electrons. The standard InChI is InChI=1S/C21H19N5O/c1-26(2)19-8-6-17(7-9-19)25-21(27)16-10-11-23-20(13-16)24-18-5-3-4-15(12-18)14-22/h3-13H,1-2H3,(H,23,24)(H,25,27). The van der Waals surface area contributed by atoms with Crippen LogP contribution in [0.1, 0.15) is 15.9 Å². The number of rotatable bonds is 5. The van der Waals surface area contributed by atoms with Gasteiger partial charge in [0.25, 0.3) is 5.91 Å². The van der Waals surface area contributed by atoms with Crippen molar-refractivity contribution >= 4 is 28.8 Å². The Morgan fingerprint density at radius 1 is 1.04 bits per heavy atom. The van der Waals surface area contributed by atoms with E-state index < -0.39 is 0 Å². The van der Waals surface area contributed by atoms with Gasteiger partial charge in [-0.3, -0.25) is 4.79 Å². The summed E-state index contributed by atoms with van der Waals surface area (Å²) in [5.41, 5.74) is 3.55. The number of nitrogens with zero attached hydrogens (tertiary/aromatic N) is 3. The van der Waals surface area contributed by atoms with Gasteiger partial charge in [-0.1, -0.05) is 6.07 Å². The highest BCUT2D eigenvalue weighted by molar-refractivity contribution is 6.04. The molecule has 0 saturated heterocycles. The van der Waals surface area contributed by atoms with E-state index in [0.29, 0.717) is 16.9 Å². The molecule has 0 unspecified atom stereocenters. The molecule has 0 aliphatic carbocycles. The van der Waals surface area contributed by atoms with E-state index >= 15 is 0 Å². The van der Waals surface area contributed by atoms with Gasteiger partial charge in [-0.15, -0.1) is 0 Å². The summed E-state index contributed by atoms with van der Waals surface area (Å²) in [5, 5.41) is 15.0. The Morgan fingerprint density at radius 3 is 2.52 bits per heavy atom. The molecule has 0 spiro atoms. The molecule has 0 aliphatic rings. The quantitative estimate of drug-likeness (QED) is 0.721. The number of aromatic nitrogens is 1. The molecule has 3 rings (SSSR count). The van der Waals surface area contributed by atoms with Gasteiger partial charge in [0.15, 0.2) is 0 Å². The summed E-state index contributed by atoms with van der Waals surface area (Å²) in [6, 6.07) is 20.1. The zero-order chi connectivity index (χ0) is 19.2. The molecule has 134 valence electrons. The molecule has 1 aromatic heterocycles. The Hall–Kier alpha value is -3.85. The van der Waals surface area contributed by atoms with Gasteiger partial charge in [0.2, 0.25) is 0 Å². The zero-order valence-electron chi connectivity index (χ0n) is 15.1. The van der Waals surface area contributed by atoms with Crippen molar-refractivity contribution in [2.24, 2.45) is 0 Å². The summed E-state index contributed by atoms with van der Waals surface area (Å²) >= 11 is 0. The fourth-order valence-corrected chi connectivity index (χ4v) is 2.50. The van der Waals surface area contributed by atoms with Gasteiger partial charge < -0.3 is 15.5 Å². The zero-order valence-corrected chi connectivity index (χ0v) is 15.1. The molecule has 1 heterocycles. The summed E-state index contributed by atoms with van der Waals surface area (Å²) in [4.78, 5) is 18.7. The van der Waals surface area contributed by atoms with Crippen molar-refractivity contribution in [3.63, 3.8) is 0 Å². The summed E-state index contributed by atoms with van der Waals surface area (Å²) in [6.45, 7) is 0. The highest BCUT2D eigenvalue weighted by Gasteiger charge is 2.08. The third-order valence-electron chi connectivity index (χ3n) is 3.93. The van der Waals surface area contributed by atoms with Crippen molar-refractivity contribution in [2.75, 3.05) is 29.6 Å². The highest BCUT2D eigenvalue weighted by Crippen LogP contribution is 2.19. The van der Waals surface area contributed by atoms with Crippen LogP contribution in [0.4, 0.5) is 22.9 Å². The molecule has 27 heavy (non-hydrogen) atoms. The SMILES string of the molecule is CN(C)c1ccc(NC(=O)c2ccnc(Nc3cccc(C#N)c3)c2)cc1. The van der Waals surface area contributed by atoms with Crippen molar-refractivity contribution < 1.29 is 4.79 Å². The van der Waals surface area contributed by atoms with Crippen LogP contribution in [0.5, 0.6) is 0 Å². The maximum Gasteiger partial charge on any atom is 0.255 e. The number of carbonyl (C=O) groups excluding carboxylic acids is 1. The fourth-order valence-electron chi connectivity index (χ4n) is 2.50. The van der Waals surface area contributed by atoms with Crippen molar-refractivity contribution in [1.29, 1.82) is 5.26 Å². The molecule has 3 aromatic rings. The van der Waals surface area contributed by atoms with E-state index in [4.69, 9.17) is 5.26 Å². The van der Waals surface area contributed by atoms with Crippen molar-refractivity contribution in [3.05, 3.63) is 78.0 Å². The first-order valence-electron chi connectivity index (χ1n) is 8.37. The number of amides is 1. The van der Waals surface area contributed by atoms with Crippen LogP contribution >= 0.6 is 0 Å². The van der Waals surface area contributed by atoms with Gasteiger partial charge in [-0.05, 0) is 54.6 Å². The number of hydrogen-bond acceptors (Lipinski definition) is 5. The number of benzene rings is 2. The van der Waals surface area contributed by atoms with Gasteiger partial charge in [0.1, 0.15) is 5.82 Å². The van der Waals surface area contributed by atoms with Gasteiger partial charge in [-0.2, -0.15) is 5.26 Å². The molecule has 2 aromatic carbocycles. The number of carbonyl (C=O) groups is 1. The minimum atomic E-state index is -0.219. The Labute approximate surface area is 158 Å². The Bertz CT molecular complexity index is 990. The van der Waals surface area contributed by atoms with E-state index in [9.17, 15) is 4.79 Å². The molecule has 0 aliphatic heterocycles. The minimum absolute atomic E-state index is 0.219. The van der Waals surface area contributed by atoms with E-state index in [1.807, 2.05) is 49.3 Å². The second-order valence-corrected chi connectivity index (χ2v) is 6.14. The third kappa shape index (κ3) is 4.61. The highest BCUT2D eigenvalue weighted by atomic mass is 16.1. The molecule has 0 atom stereocenters. The average molecular weight is 357 g/mol. The van der Waals surface area contributed by atoms with E-state index in [1.165, 1.54) is 0 Å². The van der Waals surface area contributed by atoms with Crippen molar-refractivity contribution in [2.45, 2.75) is 0 Å². The van der Waals surface area contributed by atoms with Crippen LogP contribution in [0.15, 0.2) is 66.9 Å². The topological polar surface area (TPSA) is 81.1 Å². The lowest BCUT2D eigenvalue weighted by molar-refractivity contribution is 0.102. The van der Waals surface area contributed by atoms with Crippen molar-refractivity contribution in [3.8, 4) is 6.07 Å². The molecular weight excluding hydrogens is 338 g/mol. The lowest BCUT2D eigenvalue weighted by Crippen LogP contribution is -2.13. The van der Waals surface area contributed by atoms with E-state index in [2.05, 4.69) is 21.7 Å². The van der Waals surface area contributed by atoms with Crippen LogP contribution in [0.2, 0.25) is 0 Å². The van der Waals surface area contributed by atoms with E-state index in [0.717, 1.165) is 17.1 Å². The first-order valence-corrected chi connectivity index (χ1v) is 8.37.